The second kappa shape index (κ2) is 8.16. The van der Waals surface area contributed by atoms with Gasteiger partial charge in [-0.2, -0.15) is 0 Å². The van der Waals surface area contributed by atoms with Crippen molar-refractivity contribution in [3.05, 3.63) is 48.2 Å². The molecule has 0 saturated heterocycles. The highest BCUT2D eigenvalue weighted by Crippen LogP contribution is 2.39. The first-order valence-corrected chi connectivity index (χ1v) is 11.5. The second-order valence-corrected chi connectivity index (χ2v) is 9.50. The number of aromatic nitrogens is 1. The molecule has 30 heavy (non-hydrogen) atoms. The summed E-state index contributed by atoms with van der Waals surface area (Å²) >= 11 is 0. The molecule has 0 unspecified atom stereocenters. The number of rotatable bonds is 7. The molecule has 158 valence electrons. The number of nitrogens with zero attached hydrogens (tertiary/aromatic N) is 2. The Hall–Kier alpha value is -2.78. The molecule has 8 nitrogen and oxygen atoms in total. The van der Waals surface area contributed by atoms with Gasteiger partial charge in [-0.05, 0) is 62.1 Å². The van der Waals surface area contributed by atoms with Crippen molar-refractivity contribution in [2.45, 2.75) is 43.5 Å². The van der Waals surface area contributed by atoms with Crippen molar-refractivity contribution in [2.24, 2.45) is 5.92 Å². The van der Waals surface area contributed by atoms with Crippen LogP contribution in [0.1, 0.15) is 31.7 Å². The van der Waals surface area contributed by atoms with Gasteiger partial charge in [-0.1, -0.05) is 6.07 Å². The van der Waals surface area contributed by atoms with Crippen LogP contribution in [0.4, 0.5) is 11.5 Å². The van der Waals surface area contributed by atoms with E-state index >= 15 is 0 Å². The molecule has 2 amide bonds. The van der Waals surface area contributed by atoms with Crippen LogP contribution in [0.3, 0.4) is 0 Å². The molecule has 1 aromatic heterocycles. The molecule has 0 radical (unpaired) electrons. The minimum Gasteiger partial charge on any atom is -0.311 e. The molecule has 1 fully saturated rings. The van der Waals surface area contributed by atoms with E-state index in [2.05, 4.69) is 15.0 Å². The number of pyridine rings is 1. The van der Waals surface area contributed by atoms with E-state index in [0.29, 0.717) is 12.2 Å². The Balaban J connectivity index is 1.38. The maximum atomic E-state index is 12.7. The summed E-state index contributed by atoms with van der Waals surface area (Å²) in [7, 11) is -3.76. The molecule has 1 saturated carbocycles. The Morgan fingerprint density at radius 2 is 2.00 bits per heavy atom. The summed E-state index contributed by atoms with van der Waals surface area (Å²) in [5.74, 6) is 0.339. The van der Waals surface area contributed by atoms with Gasteiger partial charge in [0.15, 0.2) is 0 Å². The van der Waals surface area contributed by atoms with Crippen molar-refractivity contribution >= 4 is 33.3 Å². The van der Waals surface area contributed by atoms with E-state index in [9.17, 15) is 18.0 Å². The number of hydrogen-bond donors (Lipinski definition) is 2. The van der Waals surface area contributed by atoms with Crippen LogP contribution < -0.4 is 14.9 Å². The quantitative estimate of drug-likeness (QED) is 0.702. The zero-order valence-corrected chi connectivity index (χ0v) is 17.5. The van der Waals surface area contributed by atoms with Crippen LogP contribution in [-0.4, -0.2) is 37.8 Å². The normalized spacial score (nSPS) is 18.2. The van der Waals surface area contributed by atoms with Gasteiger partial charge < -0.3 is 10.2 Å². The molecule has 1 aliphatic heterocycles. The third-order valence-corrected chi connectivity index (χ3v) is 6.78. The number of benzene rings is 1. The van der Waals surface area contributed by atoms with Gasteiger partial charge in [0.25, 0.3) is 0 Å². The first-order valence-electron chi connectivity index (χ1n) is 10.0. The SMILES string of the molecule is C[C@@H]1Cc2cc(S(=O)(=O)NCCC(=O)Nc3ccccn3)ccc2N1C(=O)C1CC1. The monoisotopic (exact) mass is 428 g/mol. The van der Waals surface area contributed by atoms with Crippen LogP contribution in [0.15, 0.2) is 47.5 Å². The molecule has 1 atom stereocenters. The van der Waals surface area contributed by atoms with Crippen molar-refractivity contribution in [2.75, 3.05) is 16.8 Å². The van der Waals surface area contributed by atoms with Gasteiger partial charge in [0.05, 0.1) is 4.90 Å². The van der Waals surface area contributed by atoms with E-state index in [0.717, 1.165) is 24.1 Å². The van der Waals surface area contributed by atoms with Crippen molar-refractivity contribution in [3.8, 4) is 0 Å². The molecule has 2 heterocycles. The maximum Gasteiger partial charge on any atom is 0.240 e. The van der Waals surface area contributed by atoms with Crippen molar-refractivity contribution < 1.29 is 18.0 Å². The maximum absolute atomic E-state index is 12.7. The zero-order chi connectivity index (χ0) is 21.3. The van der Waals surface area contributed by atoms with Crippen LogP contribution in [-0.2, 0) is 26.0 Å². The lowest BCUT2D eigenvalue weighted by Crippen LogP contribution is -2.36. The van der Waals surface area contributed by atoms with Gasteiger partial charge in [0.1, 0.15) is 5.82 Å². The molecule has 2 aliphatic rings. The highest BCUT2D eigenvalue weighted by atomic mass is 32.2. The number of carbonyl (C=O) groups is 2. The molecular formula is C21H24N4O4S. The minimum absolute atomic E-state index is 0.0125. The average molecular weight is 429 g/mol. The number of nitrogens with one attached hydrogen (secondary N) is 2. The van der Waals surface area contributed by atoms with E-state index in [1.54, 1.807) is 41.4 Å². The van der Waals surface area contributed by atoms with E-state index < -0.39 is 10.0 Å². The van der Waals surface area contributed by atoms with Gasteiger partial charge >= 0.3 is 0 Å². The van der Waals surface area contributed by atoms with Crippen molar-refractivity contribution in [1.29, 1.82) is 0 Å². The number of hydrogen-bond acceptors (Lipinski definition) is 5. The predicted octanol–water partition coefficient (Wildman–Crippen LogP) is 2.08. The lowest BCUT2D eigenvalue weighted by molar-refractivity contribution is -0.120. The Morgan fingerprint density at radius 3 is 2.70 bits per heavy atom. The third-order valence-electron chi connectivity index (χ3n) is 5.32. The molecule has 2 aromatic rings. The van der Waals surface area contributed by atoms with Crippen molar-refractivity contribution in [3.63, 3.8) is 0 Å². The number of amides is 2. The topological polar surface area (TPSA) is 108 Å². The summed E-state index contributed by atoms with van der Waals surface area (Å²) in [5, 5.41) is 2.61. The first-order chi connectivity index (χ1) is 14.3. The summed E-state index contributed by atoms with van der Waals surface area (Å²) in [6, 6.07) is 10.0. The first kappa shape index (κ1) is 20.5. The molecule has 1 aromatic carbocycles. The Kier molecular flexibility index (Phi) is 5.57. The fraction of sp³-hybridized carbons (Fsp3) is 0.381. The van der Waals surface area contributed by atoms with Gasteiger partial charge in [-0.25, -0.2) is 18.1 Å². The summed E-state index contributed by atoms with van der Waals surface area (Å²) in [5.41, 5.74) is 1.65. The Morgan fingerprint density at radius 1 is 1.20 bits per heavy atom. The lowest BCUT2D eigenvalue weighted by atomic mass is 10.1. The highest BCUT2D eigenvalue weighted by molar-refractivity contribution is 7.89. The van der Waals surface area contributed by atoms with E-state index in [4.69, 9.17) is 0 Å². The molecule has 9 heteroatoms. The molecule has 1 aliphatic carbocycles. The molecule has 2 N–H and O–H groups in total. The Bertz CT molecular complexity index is 1070. The number of carbonyl (C=O) groups excluding carboxylic acids is 2. The zero-order valence-electron chi connectivity index (χ0n) is 16.7. The number of anilines is 2. The number of fused-ring (bicyclic) bond motifs is 1. The van der Waals surface area contributed by atoms with Gasteiger partial charge in [0.2, 0.25) is 21.8 Å². The number of sulfonamides is 1. The molecule has 0 bridgehead atoms. The molecular weight excluding hydrogens is 404 g/mol. The average Bonchev–Trinajstić information content (AvgIpc) is 3.50. The summed E-state index contributed by atoms with van der Waals surface area (Å²) in [4.78, 5) is 30.5. The van der Waals surface area contributed by atoms with Gasteiger partial charge in [-0.15, -0.1) is 0 Å². The fourth-order valence-electron chi connectivity index (χ4n) is 3.66. The van der Waals surface area contributed by atoms with E-state index in [1.165, 1.54) is 6.07 Å². The summed E-state index contributed by atoms with van der Waals surface area (Å²) < 4.78 is 27.8. The smallest absolute Gasteiger partial charge is 0.240 e. The van der Waals surface area contributed by atoms with Crippen LogP contribution >= 0.6 is 0 Å². The minimum atomic E-state index is -3.76. The van der Waals surface area contributed by atoms with Crippen molar-refractivity contribution in [1.82, 2.24) is 9.71 Å². The summed E-state index contributed by atoms with van der Waals surface area (Å²) in [6.45, 7) is 1.95. The van der Waals surface area contributed by atoms with Crippen LogP contribution in [0.25, 0.3) is 0 Å². The second-order valence-electron chi connectivity index (χ2n) is 7.74. The predicted molar refractivity (Wildman–Crippen MR) is 112 cm³/mol. The standard InChI is InChI=1S/C21H24N4O4S/c1-14-12-16-13-17(7-8-18(16)25(14)21(27)15-5-6-15)30(28,29)23-11-9-20(26)24-19-4-2-3-10-22-19/h2-4,7-8,10,13-15,23H,5-6,9,11-12H2,1H3,(H,22,24,26)/t14-/m1/s1. The van der Waals surface area contributed by atoms with Crippen LogP contribution in [0.5, 0.6) is 0 Å². The van der Waals surface area contributed by atoms with Gasteiger partial charge in [-0.3, -0.25) is 9.59 Å². The summed E-state index contributed by atoms with van der Waals surface area (Å²) in [6.07, 6.45) is 4.04. The fourth-order valence-corrected chi connectivity index (χ4v) is 4.74. The molecule has 0 spiro atoms. The van der Waals surface area contributed by atoms with E-state index in [1.807, 2.05) is 6.92 Å². The largest absolute Gasteiger partial charge is 0.311 e. The van der Waals surface area contributed by atoms with Gasteiger partial charge in [0, 0.05) is 36.8 Å². The Labute approximate surface area is 175 Å². The van der Waals surface area contributed by atoms with Crippen LogP contribution in [0.2, 0.25) is 0 Å². The third kappa shape index (κ3) is 4.36. The molecule has 4 rings (SSSR count). The highest BCUT2D eigenvalue weighted by Gasteiger charge is 2.39. The van der Waals surface area contributed by atoms with E-state index in [-0.39, 0.29) is 41.6 Å². The lowest BCUT2D eigenvalue weighted by Gasteiger charge is -2.22. The van der Waals surface area contributed by atoms with Crippen LogP contribution in [0, 0.1) is 5.92 Å².